The maximum Gasteiger partial charge on any atom is 0.337 e. The summed E-state index contributed by atoms with van der Waals surface area (Å²) in [4.78, 5) is 11.6. The van der Waals surface area contributed by atoms with Gasteiger partial charge < -0.3 is 10.1 Å². The van der Waals surface area contributed by atoms with E-state index in [-0.39, 0.29) is 10.7 Å². The van der Waals surface area contributed by atoms with Crippen molar-refractivity contribution in [1.29, 1.82) is 0 Å². The summed E-state index contributed by atoms with van der Waals surface area (Å²) in [5.74, 6) is 0.108. The molecule has 9 heteroatoms. The second-order valence-corrected chi connectivity index (χ2v) is 7.52. The highest BCUT2D eigenvalue weighted by molar-refractivity contribution is 7.92. The summed E-state index contributed by atoms with van der Waals surface area (Å²) in [5.41, 5.74) is 1.76. The van der Waals surface area contributed by atoms with Crippen molar-refractivity contribution in [2.75, 3.05) is 17.1 Å². The summed E-state index contributed by atoms with van der Waals surface area (Å²) >= 11 is 0. The van der Waals surface area contributed by atoms with Crippen LogP contribution in [0.15, 0.2) is 65.6 Å². The summed E-state index contributed by atoms with van der Waals surface area (Å²) in [6.07, 6.45) is 0. The van der Waals surface area contributed by atoms with E-state index in [1.807, 2.05) is 0 Å². The second-order valence-electron chi connectivity index (χ2n) is 5.87. The van der Waals surface area contributed by atoms with Gasteiger partial charge in [0.2, 0.25) is 0 Å². The summed E-state index contributed by atoms with van der Waals surface area (Å²) in [5, 5.41) is 10.9. The van der Waals surface area contributed by atoms with E-state index in [0.717, 1.165) is 0 Å². The van der Waals surface area contributed by atoms with E-state index in [4.69, 9.17) is 0 Å². The number of nitrogens with one attached hydrogen (secondary N) is 2. The van der Waals surface area contributed by atoms with Crippen LogP contribution in [-0.2, 0) is 14.8 Å². The van der Waals surface area contributed by atoms with Gasteiger partial charge in [-0.1, -0.05) is 18.2 Å². The van der Waals surface area contributed by atoms with Crippen LogP contribution in [0.3, 0.4) is 0 Å². The van der Waals surface area contributed by atoms with Crippen molar-refractivity contribution in [1.82, 2.24) is 10.2 Å². The van der Waals surface area contributed by atoms with Crippen molar-refractivity contribution in [2.45, 2.75) is 11.8 Å². The Labute approximate surface area is 162 Å². The molecule has 144 valence electrons. The number of hydrogen-bond acceptors (Lipinski definition) is 7. The molecule has 0 atom stereocenters. The number of hydrogen-bond donors (Lipinski definition) is 2. The van der Waals surface area contributed by atoms with Gasteiger partial charge in [-0.3, -0.25) is 4.72 Å². The highest BCUT2D eigenvalue weighted by Gasteiger charge is 2.17. The predicted molar refractivity (Wildman–Crippen MR) is 105 cm³/mol. The molecule has 8 nitrogen and oxygen atoms in total. The lowest BCUT2D eigenvalue weighted by Crippen LogP contribution is -2.15. The number of anilines is 3. The van der Waals surface area contributed by atoms with Crippen LogP contribution in [0.4, 0.5) is 17.3 Å². The van der Waals surface area contributed by atoms with Crippen LogP contribution in [0, 0.1) is 6.92 Å². The SMILES string of the molecule is COC(=O)c1ccc(Nc2ccc(NS(=O)(=O)c3ccccc3C)nn2)cc1. The van der Waals surface area contributed by atoms with Gasteiger partial charge in [-0.05, 0) is 55.0 Å². The van der Waals surface area contributed by atoms with Crippen molar-refractivity contribution in [3.05, 3.63) is 71.8 Å². The molecule has 0 aliphatic carbocycles. The zero-order valence-corrected chi connectivity index (χ0v) is 16.0. The van der Waals surface area contributed by atoms with Gasteiger partial charge in [0.05, 0.1) is 17.6 Å². The van der Waals surface area contributed by atoms with E-state index in [0.29, 0.717) is 22.6 Å². The van der Waals surface area contributed by atoms with E-state index in [1.165, 1.54) is 19.2 Å². The van der Waals surface area contributed by atoms with Crippen molar-refractivity contribution in [2.24, 2.45) is 0 Å². The number of benzene rings is 2. The molecule has 0 unspecified atom stereocenters. The van der Waals surface area contributed by atoms with Crippen molar-refractivity contribution < 1.29 is 17.9 Å². The van der Waals surface area contributed by atoms with Crippen molar-refractivity contribution in [3.63, 3.8) is 0 Å². The molecule has 3 aromatic rings. The lowest BCUT2D eigenvalue weighted by Gasteiger charge is -2.10. The average molecular weight is 398 g/mol. The largest absolute Gasteiger partial charge is 0.465 e. The summed E-state index contributed by atoms with van der Waals surface area (Å²) in [6.45, 7) is 1.72. The molecule has 28 heavy (non-hydrogen) atoms. The first-order valence-corrected chi connectivity index (χ1v) is 9.75. The molecule has 0 aliphatic heterocycles. The number of esters is 1. The Bertz CT molecular complexity index is 1080. The number of ether oxygens (including phenoxy) is 1. The molecule has 2 N–H and O–H groups in total. The molecule has 0 saturated heterocycles. The van der Waals surface area contributed by atoms with E-state index in [9.17, 15) is 13.2 Å². The number of rotatable bonds is 6. The zero-order valence-electron chi connectivity index (χ0n) is 15.2. The molecule has 0 amide bonds. The number of carbonyl (C=O) groups is 1. The van der Waals surface area contributed by atoms with Crippen molar-refractivity contribution >= 4 is 33.3 Å². The van der Waals surface area contributed by atoms with Gasteiger partial charge in [-0.25, -0.2) is 13.2 Å². The highest BCUT2D eigenvalue weighted by Crippen LogP contribution is 2.19. The predicted octanol–water partition coefficient (Wildman–Crippen LogP) is 3.12. The summed E-state index contributed by atoms with van der Waals surface area (Å²) in [6, 6.07) is 16.4. The molecule has 0 saturated carbocycles. The van der Waals surface area contributed by atoms with Gasteiger partial charge in [0, 0.05) is 5.69 Å². The van der Waals surface area contributed by atoms with Gasteiger partial charge >= 0.3 is 5.97 Å². The Balaban J connectivity index is 1.70. The van der Waals surface area contributed by atoms with E-state index < -0.39 is 16.0 Å². The normalized spacial score (nSPS) is 10.9. The Morgan fingerprint density at radius 2 is 1.57 bits per heavy atom. The van der Waals surface area contributed by atoms with E-state index in [1.54, 1.807) is 55.5 Å². The fourth-order valence-corrected chi connectivity index (χ4v) is 3.70. The average Bonchev–Trinajstić information content (AvgIpc) is 2.69. The standard InChI is InChI=1S/C19H18N4O4S/c1-13-5-3-4-6-16(13)28(25,26)23-18-12-11-17(21-22-18)20-15-9-7-14(8-10-15)19(24)27-2/h3-12H,1-2H3,(H,20,21)(H,22,23). The third kappa shape index (κ3) is 4.44. The molecule has 0 radical (unpaired) electrons. The Kier molecular flexibility index (Phi) is 5.55. The number of aryl methyl sites for hydroxylation is 1. The number of aromatic nitrogens is 2. The van der Waals surface area contributed by atoms with Gasteiger partial charge in [-0.15, -0.1) is 10.2 Å². The Morgan fingerprint density at radius 3 is 2.18 bits per heavy atom. The van der Waals surface area contributed by atoms with Gasteiger partial charge in [0.15, 0.2) is 11.6 Å². The molecule has 0 fully saturated rings. The third-order valence-electron chi connectivity index (χ3n) is 3.86. The smallest absolute Gasteiger partial charge is 0.337 e. The van der Waals surface area contributed by atoms with Crippen LogP contribution < -0.4 is 10.0 Å². The Hall–Kier alpha value is -3.46. The molecule has 1 aromatic heterocycles. The van der Waals surface area contributed by atoms with E-state index in [2.05, 4.69) is 25.0 Å². The molecule has 0 spiro atoms. The monoisotopic (exact) mass is 398 g/mol. The van der Waals surface area contributed by atoms with Gasteiger partial charge in [-0.2, -0.15) is 0 Å². The lowest BCUT2D eigenvalue weighted by atomic mass is 10.2. The summed E-state index contributed by atoms with van der Waals surface area (Å²) < 4.78 is 32.0. The first kappa shape index (κ1) is 19.3. The lowest BCUT2D eigenvalue weighted by molar-refractivity contribution is 0.0600. The van der Waals surface area contributed by atoms with Crippen LogP contribution >= 0.6 is 0 Å². The van der Waals surface area contributed by atoms with Crippen LogP contribution in [0.25, 0.3) is 0 Å². The minimum atomic E-state index is -3.75. The Morgan fingerprint density at radius 1 is 0.929 bits per heavy atom. The number of carbonyl (C=O) groups excluding carboxylic acids is 1. The molecule has 0 aliphatic rings. The minimum Gasteiger partial charge on any atom is -0.465 e. The molecule has 3 rings (SSSR count). The number of methoxy groups -OCH3 is 1. The van der Waals surface area contributed by atoms with Crippen LogP contribution in [0.2, 0.25) is 0 Å². The van der Waals surface area contributed by atoms with Crippen LogP contribution in [0.1, 0.15) is 15.9 Å². The zero-order chi connectivity index (χ0) is 20.1. The van der Waals surface area contributed by atoms with Crippen molar-refractivity contribution in [3.8, 4) is 0 Å². The van der Waals surface area contributed by atoms with Crippen LogP contribution in [0.5, 0.6) is 0 Å². The van der Waals surface area contributed by atoms with Gasteiger partial charge in [0.25, 0.3) is 10.0 Å². The first-order chi connectivity index (χ1) is 13.4. The number of nitrogens with zero attached hydrogens (tertiary/aromatic N) is 2. The highest BCUT2D eigenvalue weighted by atomic mass is 32.2. The maximum atomic E-state index is 12.5. The molecular formula is C19H18N4O4S. The maximum absolute atomic E-state index is 12.5. The molecular weight excluding hydrogens is 380 g/mol. The van der Waals surface area contributed by atoms with E-state index >= 15 is 0 Å². The topological polar surface area (TPSA) is 110 Å². The molecule has 0 bridgehead atoms. The van der Waals surface area contributed by atoms with Gasteiger partial charge in [0.1, 0.15) is 0 Å². The first-order valence-electron chi connectivity index (χ1n) is 8.26. The summed E-state index contributed by atoms with van der Waals surface area (Å²) in [7, 11) is -2.43. The third-order valence-corrected chi connectivity index (χ3v) is 5.38. The van der Waals surface area contributed by atoms with Crippen LogP contribution in [-0.4, -0.2) is 31.7 Å². The fourth-order valence-electron chi connectivity index (χ4n) is 2.46. The molecule has 2 aromatic carbocycles. The minimum absolute atomic E-state index is 0.106. The quantitative estimate of drug-likeness (QED) is 0.614. The molecule has 1 heterocycles. The number of sulfonamides is 1. The fraction of sp³-hybridized carbons (Fsp3) is 0.105. The second kappa shape index (κ2) is 8.05.